The van der Waals surface area contributed by atoms with Crippen molar-refractivity contribution < 1.29 is 9.59 Å². The van der Waals surface area contributed by atoms with Crippen molar-refractivity contribution in [2.45, 2.75) is 39.7 Å². The first-order chi connectivity index (χ1) is 11.5. The number of guanidine groups is 1. The van der Waals surface area contributed by atoms with Gasteiger partial charge in [0.2, 0.25) is 0 Å². The largest absolute Gasteiger partial charge is 0.357 e. The first-order valence-electron chi connectivity index (χ1n) is 8.54. The number of rotatable bonds is 7. The van der Waals surface area contributed by atoms with Crippen LogP contribution in [0.15, 0.2) is 29.3 Å². The number of hydrogen-bond donors (Lipinski definition) is 2. The second-order valence-electron chi connectivity index (χ2n) is 6.07. The second-order valence-corrected chi connectivity index (χ2v) is 6.07. The van der Waals surface area contributed by atoms with Crippen LogP contribution in [0.25, 0.3) is 0 Å². The van der Waals surface area contributed by atoms with E-state index in [0.29, 0.717) is 30.3 Å². The molecule has 1 aliphatic heterocycles. The molecule has 2 N–H and O–H groups in total. The van der Waals surface area contributed by atoms with Crippen molar-refractivity contribution in [1.82, 2.24) is 15.5 Å². The number of unbranched alkanes of at least 4 members (excludes halogenated alkanes) is 1. The molecule has 0 fully saturated rings. The standard InChI is InChI=1S/C18H26N4O2/c1-4-19-18(21-13(2)3)20-11-7-8-12-22-16(23)14-9-5-6-10-15(14)17(22)24/h5-6,9-10,13H,4,7-8,11-12H2,1-3H3,(H2,19,20,21). The van der Waals surface area contributed by atoms with Crippen molar-refractivity contribution in [2.75, 3.05) is 19.6 Å². The van der Waals surface area contributed by atoms with Crippen LogP contribution in [-0.4, -0.2) is 48.3 Å². The van der Waals surface area contributed by atoms with Crippen molar-refractivity contribution >= 4 is 17.8 Å². The number of aliphatic imine (C=N–C) groups is 1. The topological polar surface area (TPSA) is 73.8 Å². The lowest BCUT2D eigenvalue weighted by Gasteiger charge is -2.15. The van der Waals surface area contributed by atoms with Crippen LogP contribution >= 0.6 is 0 Å². The highest BCUT2D eigenvalue weighted by Crippen LogP contribution is 2.22. The molecule has 0 bridgehead atoms. The van der Waals surface area contributed by atoms with Crippen LogP contribution in [0, 0.1) is 0 Å². The Hall–Kier alpha value is -2.37. The zero-order valence-electron chi connectivity index (χ0n) is 14.6. The Labute approximate surface area is 143 Å². The molecule has 1 aromatic carbocycles. The lowest BCUT2D eigenvalue weighted by atomic mass is 10.1. The van der Waals surface area contributed by atoms with Crippen LogP contribution in [0.1, 0.15) is 54.3 Å². The van der Waals surface area contributed by atoms with Crippen molar-refractivity contribution in [2.24, 2.45) is 4.99 Å². The summed E-state index contributed by atoms with van der Waals surface area (Å²) in [5, 5.41) is 6.45. The molecule has 0 unspecified atom stereocenters. The predicted molar refractivity (Wildman–Crippen MR) is 95.3 cm³/mol. The molecule has 6 heteroatoms. The molecule has 1 aromatic rings. The molecule has 130 valence electrons. The summed E-state index contributed by atoms with van der Waals surface area (Å²) >= 11 is 0. The molecule has 1 heterocycles. The van der Waals surface area contributed by atoms with Gasteiger partial charge >= 0.3 is 0 Å². The minimum atomic E-state index is -0.186. The first kappa shape index (κ1) is 18.0. The molecule has 0 aromatic heterocycles. The Morgan fingerprint density at radius 1 is 1.12 bits per heavy atom. The van der Waals surface area contributed by atoms with E-state index in [1.165, 1.54) is 4.90 Å². The summed E-state index contributed by atoms with van der Waals surface area (Å²) in [5.74, 6) is 0.427. The number of amides is 2. The second kappa shape index (κ2) is 8.47. The number of carbonyl (C=O) groups excluding carboxylic acids is 2. The lowest BCUT2D eigenvalue weighted by Crippen LogP contribution is -2.41. The molecular formula is C18H26N4O2. The number of hydrogen-bond acceptors (Lipinski definition) is 3. The minimum Gasteiger partial charge on any atom is -0.357 e. The molecule has 0 saturated heterocycles. The van der Waals surface area contributed by atoms with E-state index in [1.54, 1.807) is 24.3 Å². The van der Waals surface area contributed by atoms with Crippen LogP contribution in [0.3, 0.4) is 0 Å². The van der Waals surface area contributed by atoms with Crippen LogP contribution in [0.2, 0.25) is 0 Å². The number of fused-ring (bicyclic) bond motifs is 1. The maximum Gasteiger partial charge on any atom is 0.261 e. The molecule has 2 rings (SSSR count). The third kappa shape index (κ3) is 4.34. The Morgan fingerprint density at radius 3 is 2.29 bits per heavy atom. The number of imide groups is 1. The average Bonchev–Trinajstić information content (AvgIpc) is 2.79. The van der Waals surface area contributed by atoms with Gasteiger partial charge < -0.3 is 10.6 Å². The van der Waals surface area contributed by atoms with E-state index in [-0.39, 0.29) is 11.8 Å². The quantitative estimate of drug-likeness (QED) is 0.347. The first-order valence-corrected chi connectivity index (χ1v) is 8.54. The maximum atomic E-state index is 12.2. The van der Waals surface area contributed by atoms with E-state index in [9.17, 15) is 9.59 Å². The van der Waals surface area contributed by atoms with Gasteiger partial charge in [-0.3, -0.25) is 19.5 Å². The van der Waals surface area contributed by atoms with Gasteiger partial charge in [0.1, 0.15) is 0 Å². The SMILES string of the molecule is CCNC(=NCCCCN1C(=O)c2ccccc2C1=O)NC(C)C. The van der Waals surface area contributed by atoms with Crippen molar-refractivity contribution in [3.8, 4) is 0 Å². The lowest BCUT2D eigenvalue weighted by molar-refractivity contribution is 0.0652. The summed E-state index contributed by atoms with van der Waals surface area (Å²) in [5.41, 5.74) is 1.02. The van der Waals surface area contributed by atoms with E-state index >= 15 is 0 Å². The fourth-order valence-corrected chi connectivity index (χ4v) is 2.61. The van der Waals surface area contributed by atoms with Gasteiger partial charge in [-0.25, -0.2) is 0 Å². The van der Waals surface area contributed by atoms with Gasteiger partial charge in [-0.1, -0.05) is 12.1 Å². The fourth-order valence-electron chi connectivity index (χ4n) is 2.61. The highest BCUT2D eigenvalue weighted by atomic mass is 16.2. The predicted octanol–water partition coefficient (Wildman–Crippen LogP) is 2.03. The van der Waals surface area contributed by atoms with Gasteiger partial charge in [0.05, 0.1) is 11.1 Å². The molecule has 0 aliphatic carbocycles. The summed E-state index contributed by atoms with van der Waals surface area (Å²) in [6.45, 7) is 8.07. The Balaban J connectivity index is 1.81. The third-order valence-corrected chi connectivity index (χ3v) is 3.71. The summed E-state index contributed by atoms with van der Waals surface area (Å²) in [6, 6.07) is 7.31. The van der Waals surface area contributed by atoms with Crippen LogP contribution in [0.4, 0.5) is 0 Å². The van der Waals surface area contributed by atoms with E-state index in [4.69, 9.17) is 0 Å². The zero-order valence-corrected chi connectivity index (χ0v) is 14.6. The van der Waals surface area contributed by atoms with Crippen molar-refractivity contribution in [3.05, 3.63) is 35.4 Å². The summed E-state index contributed by atoms with van der Waals surface area (Å²) in [6.07, 6.45) is 1.57. The third-order valence-electron chi connectivity index (χ3n) is 3.71. The number of benzene rings is 1. The van der Waals surface area contributed by atoms with E-state index in [1.807, 2.05) is 6.92 Å². The van der Waals surface area contributed by atoms with Crippen molar-refractivity contribution in [3.63, 3.8) is 0 Å². The van der Waals surface area contributed by atoms with Crippen LogP contribution in [0.5, 0.6) is 0 Å². The zero-order chi connectivity index (χ0) is 17.5. The number of carbonyl (C=O) groups is 2. The molecule has 0 saturated carbocycles. The minimum absolute atomic E-state index is 0.186. The highest BCUT2D eigenvalue weighted by molar-refractivity contribution is 6.21. The van der Waals surface area contributed by atoms with E-state index < -0.39 is 0 Å². The normalized spacial score (nSPS) is 14.3. The Bertz CT molecular complexity index is 590. The molecule has 24 heavy (non-hydrogen) atoms. The average molecular weight is 330 g/mol. The molecule has 0 atom stereocenters. The van der Waals surface area contributed by atoms with Gasteiger partial charge in [0.25, 0.3) is 11.8 Å². The smallest absolute Gasteiger partial charge is 0.261 e. The van der Waals surface area contributed by atoms with E-state index in [0.717, 1.165) is 25.3 Å². The molecule has 0 spiro atoms. The Morgan fingerprint density at radius 2 is 1.75 bits per heavy atom. The van der Waals surface area contributed by atoms with E-state index in [2.05, 4.69) is 29.5 Å². The van der Waals surface area contributed by atoms with Gasteiger partial charge in [-0.2, -0.15) is 0 Å². The van der Waals surface area contributed by atoms with Crippen LogP contribution in [-0.2, 0) is 0 Å². The van der Waals surface area contributed by atoms with Gasteiger partial charge in [-0.15, -0.1) is 0 Å². The highest BCUT2D eigenvalue weighted by Gasteiger charge is 2.34. The monoisotopic (exact) mass is 330 g/mol. The van der Waals surface area contributed by atoms with Gasteiger partial charge in [0, 0.05) is 25.7 Å². The summed E-state index contributed by atoms with van der Waals surface area (Å²) in [7, 11) is 0. The Kier molecular flexibility index (Phi) is 6.35. The summed E-state index contributed by atoms with van der Waals surface area (Å²) in [4.78, 5) is 30.3. The molecule has 0 radical (unpaired) electrons. The maximum absolute atomic E-state index is 12.2. The van der Waals surface area contributed by atoms with Crippen molar-refractivity contribution in [1.29, 1.82) is 0 Å². The van der Waals surface area contributed by atoms with Gasteiger partial charge in [0.15, 0.2) is 5.96 Å². The van der Waals surface area contributed by atoms with Crippen LogP contribution < -0.4 is 10.6 Å². The molecule has 2 amide bonds. The fraction of sp³-hybridized carbons (Fsp3) is 0.500. The molecule has 1 aliphatic rings. The number of nitrogens with zero attached hydrogens (tertiary/aromatic N) is 2. The molecule has 6 nitrogen and oxygen atoms in total. The summed E-state index contributed by atoms with van der Waals surface area (Å²) < 4.78 is 0. The number of nitrogens with one attached hydrogen (secondary N) is 2. The molecular weight excluding hydrogens is 304 g/mol. The van der Waals surface area contributed by atoms with Gasteiger partial charge in [-0.05, 0) is 45.7 Å².